The Bertz CT molecular complexity index is 1090. The van der Waals surface area contributed by atoms with Crippen molar-refractivity contribution in [2.45, 2.75) is 40.2 Å². The first-order chi connectivity index (χ1) is 14.6. The minimum absolute atomic E-state index is 0.231. The maximum absolute atomic E-state index is 12.8. The van der Waals surface area contributed by atoms with E-state index in [-0.39, 0.29) is 5.69 Å². The van der Waals surface area contributed by atoms with Crippen molar-refractivity contribution >= 4 is 23.5 Å². The van der Waals surface area contributed by atoms with Crippen LogP contribution in [0.1, 0.15) is 54.1 Å². The zero-order valence-corrected chi connectivity index (χ0v) is 19.0. The Hall–Kier alpha value is -3.12. The van der Waals surface area contributed by atoms with Gasteiger partial charge in [-0.15, -0.1) is 0 Å². The fourth-order valence-corrected chi connectivity index (χ4v) is 3.23. The standard InChI is InChI=1S/C24H25ClN2O4/c1-6-30-22(28)17-9-13-19(14-10-17)27-21(16-7-11-18(25)12-8-16)15(2)20(26-27)23(29)31-24(3,4)5/h7-14H,6H2,1-5H3. The van der Waals surface area contributed by atoms with Gasteiger partial charge in [0.1, 0.15) is 5.60 Å². The van der Waals surface area contributed by atoms with E-state index in [0.29, 0.717) is 28.4 Å². The average Bonchev–Trinajstić information content (AvgIpc) is 3.05. The van der Waals surface area contributed by atoms with E-state index in [0.717, 1.165) is 11.3 Å². The molecule has 0 atom stereocenters. The normalized spacial score (nSPS) is 11.3. The number of carbonyl (C=O) groups is 2. The summed E-state index contributed by atoms with van der Waals surface area (Å²) in [5.41, 5.74) is 2.99. The molecule has 0 saturated carbocycles. The second-order valence-corrected chi connectivity index (χ2v) is 8.45. The lowest BCUT2D eigenvalue weighted by Crippen LogP contribution is -2.24. The van der Waals surface area contributed by atoms with Crippen LogP contribution in [0, 0.1) is 6.92 Å². The highest BCUT2D eigenvalue weighted by Gasteiger charge is 2.26. The zero-order valence-electron chi connectivity index (χ0n) is 18.2. The number of esters is 2. The Morgan fingerprint density at radius 3 is 2.16 bits per heavy atom. The number of carbonyl (C=O) groups excluding carboxylic acids is 2. The van der Waals surface area contributed by atoms with Crippen molar-refractivity contribution in [3.05, 3.63) is 70.4 Å². The maximum atomic E-state index is 12.8. The van der Waals surface area contributed by atoms with Crippen LogP contribution in [0.4, 0.5) is 0 Å². The molecule has 0 radical (unpaired) electrons. The molecule has 1 aromatic heterocycles. The van der Waals surface area contributed by atoms with Crippen molar-refractivity contribution < 1.29 is 19.1 Å². The van der Waals surface area contributed by atoms with Crippen LogP contribution >= 0.6 is 11.6 Å². The monoisotopic (exact) mass is 440 g/mol. The number of halogens is 1. The molecule has 0 aliphatic rings. The average molecular weight is 441 g/mol. The molecule has 0 aliphatic carbocycles. The third-order valence-electron chi connectivity index (χ3n) is 4.46. The molecule has 0 aliphatic heterocycles. The fourth-order valence-electron chi connectivity index (χ4n) is 3.10. The summed E-state index contributed by atoms with van der Waals surface area (Å²) in [4.78, 5) is 24.8. The highest BCUT2D eigenvalue weighted by atomic mass is 35.5. The van der Waals surface area contributed by atoms with Crippen LogP contribution in [0.25, 0.3) is 16.9 Å². The molecule has 31 heavy (non-hydrogen) atoms. The molecule has 1 heterocycles. The van der Waals surface area contributed by atoms with E-state index >= 15 is 0 Å². The van der Waals surface area contributed by atoms with E-state index in [1.165, 1.54) is 0 Å². The summed E-state index contributed by atoms with van der Waals surface area (Å²) in [6.45, 7) is 9.33. The van der Waals surface area contributed by atoms with E-state index in [2.05, 4.69) is 5.10 Å². The first-order valence-electron chi connectivity index (χ1n) is 9.97. The van der Waals surface area contributed by atoms with Crippen molar-refractivity contribution in [3.8, 4) is 16.9 Å². The van der Waals surface area contributed by atoms with Crippen LogP contribution in [-0.4, -0.2) is 33.9 Å². The lowest BCUT2D eigenvalue weighted by Gasteiger charge is -2.18. The number of aromatic nitrogens is 2. The topological polar surface area (TPSA) is 70.4 Å². The molecule has 0 N–H and O–H groups in total. The Kier molecular flexibility index (Phi) is 6.51. The number of benzene rings is 2. The molecule has 0 amide bonds. The number of ether oxygens (including phenoxy) is 2. The maximum Gasteiger partial charge on any atom is 0.359 e. The summed E-state index contributed by atoms with van der Waals surface area (Å²) in [5.74, 6) is -0.889. The highest BCUT2D eigenvalue weighted by Crippen LogP contribution is 2.30. The Morgan fingerprint density at radius 2 is 1.61 bits per heavy atom. The summed E-state index contributed by atoms with van der Waals surface area (Å²) in [6, 6.07) is 14.2. The molecular weight excluding hydrogens is 416 g/mol. The smallest absolute Gasteiger partial charge is 0.359 e. The first-order valence-corrected chi connectivity index (χ1v) is 10.3. The van der Waals surface area contributed by atoms with Gasteiger partial charge in [-0.05, 0) is 71.0 Å². The predicted octanol–water partition coefficient (Wildman–Crippen LogP) is 5.63. The van der Waals surface area contributed by atoms with Gasteiger partial charge in [-0.25, -0.2) is 14.3 Å². The molecule has 0 spiro atoms. The molecule has 2 aromatic carbocycles. The Balaban J connectivity index is 2.11. The van der Waals surface area contributed by atoms with E-state index in [1.54, 1.807) is 48.0 Å². The van der Waals surface area contributed by atoms with Gasteiger partial charge in [0.2, 0.25) is 0 Å². The zero-order chi connectivity index (χ0) is 22.8. The third kappa shape index (κ3) is 5.14. The molecular formula is C24H25ClN2O4. The fraction of sp³-hybridized carbons (Fsp3) is 0.292. The van der Waals surface area contributed by atoms with Crippen molar-refractivity contribution in [1.82, 2.24) is 9.78 Å². The molecule has 162 valence electrons. The van der Waals surface area contributed by atoms with E-state index in [4.69, 9.17) is 21.1 Å². The van der Waals surface area contributed by atoms with Crippen LogP contribution in [0.15, 0.2) is 48.5 Å². The summed E-state index contributed by atoms with van der Waals surface area (Å²) in [6.07, 6.45) is 0. The van der Waals surface area contributed by atoms with Crippen LogP contribution in [0.5, 0.6) is 0 Å². The second kappa shape index (κ2) is 8.94. The van der Waals surface area contributed by atoms with Crippen molar-refractivity contribution in [2.75, 3.05) is 6.61 Å². The first kappa shape index (κ1) is 22.6. The van der Waals surface area contributed by atoms with Crippen LogP contribution in [0.3, 0.4) is 0 Å². The van der Waals surface area contributed by atoms with Crippen LogP contribution < -0.4 is 0 Å². The summed E-state index contributed by atoms with van der Waals surface area (Å²) >= 11 is 6.06. The molecule has 7 heteroatoms. The molecule has 0 fully saturated rings. The largest absolute Gasteiger partial charge is 0.462 e. The van der Waals surface area contributed by atoms with Crippen LogP contribution in [0.2, 0.25) is 5.02 Å². The molecule has 0 unspecified atom stereocenters. The van der Waals surface area contributed by atoms with E-state index < -0.39 is 17.5 Å². The van der Waals surface area contributed by atoms with Crippen LogP contribution in [-0.2, 0) is 9.47 Å². The summed E-state index contributed by atoms with van der Waals surface area (Å²) in [5, 5.41) is 5.18. The van der Waals surface area contributed by atoms with Gasteiger partial charge in [0.05, 0.1) is 23.6 Å². The van der Waals surface area contributed by atoms with Gasteiger partial charge < -0.3 is 9.47 Å². The minimum atomic E-state index is -0.644. The SMILES string of the molecule is CCOC(=O)c1ccc(-n2nc(C(=O)OC(C)(C)C)c(C)c2-c2ccc(Cl)cc2)cc1. The summed E-state index contributed by atoms with van der Waals surface area (Å²) < 4.78 is 12.3. The second-order valence-electron chi connectivity index (χ2n) is 8.01. The third-order valence-corrected chi connectivity index (χ3v) is 4.71. The van der Waals surface area contributed by atoms with Gasteiger partial charge in [0.15, 0.2) is 5.69 Å². The lowest BCUT2D eigenvalue weighted by atomic mass is 10.1. The van der Waals surface area contributed by atoms with Gasteiger partial charge in [-0.1, -0.05) is 23.7 Å². The van der Waals surface area contributed by atoms with Gasteiger partial charge in [-0.2, -0.15) is 5.10 Å². The Morgan fingerprint density at radius 1 is 1.00 bits per heavy atom. The Labute approximate surface area is 186 Å². The van der Waals surface area contributed by atoms with Gasteiger partial charge >= 0.3 is 11.9 Å². The number of hydrogen-bond donors (Lipinski definition) is 0. The highest BCUT2D eigenvalue weighted by molar-refractivity contribution is 6.30. The predicted molar refractivity (Wildman–Crippen MR) is 120 cm³/mol. The molecule has 6 nitrogen and oxygen atoms in total. The molecule has 0 bridgehead atoms. The molecule has 3 aromatic rings. The van der Waals surface area contributed by atoms with Crippen molar-refractivity contribution in [3.63, 3.8) is 0 Å². The van der Waals surface area contributed by atoms with E-state index in [1.807, 2.05) is 39.8 Å². The molecule has 3 rings (SSSR count). The lowest BCUT2D eigenvalue weighted by molar-refractivity contribution is 0.00613. The van der Waals surface area contributed by atoms with Gasteiger partial charge in [-0.3, -0.25) is 0 Å². The minimum Gasteiger partial charge on any atom is -0.462 e. The van der Waals surface area contributed by atoms with Gasteiger partial charge in [0, 0.05) is 16.1 Å². The van der Waals surface area contributed by atoms with Gasteiger partial charge in [0.25, 0.3) is 0 Å². The number of nitrogens with zero attached hydrogens (tertiary/aromatic N) is 2. The molecule has 0 saturated heterocycles. The summed E-state index contributed by atoms with van der Waals surface area (Å²) in [7, 11) is 0. The van der Waals surface area contributed by atoms with Crippen molar-refractivity contribution in [2.24, 2.45) is 0 Å². The quantitative estimate of drug-likeness (QED) is 0.480. The number of hydrogen-bond acceptors (Lipinski definition) is 5. The van der Waals surface area contributed by atoms with Crippen molar-refractivity contribution in [1.29, 1.82) is 0 Å². The van der Waals surface area contributed by atoms with E-state index in [9.17, 15) is 9.59 Å². The number of rotatable bonds is 5.